The van der Waals surface area contributed by atoms with Crippen LogP contribution in [0, 0.1) is 0 Å². The van der Waals surface area contributed by atoms with Gasteiger partial charge in [0.05, 0.1) is 12.8 Å². The number of rotatable bonds is 4. The molecule has 5 nitrogen and oxygen atoms in total. The maximum atomic E-state index is 5.27. The van der Waals surface area contributed by atoms with E-state index in [-0.39, 0.29) is 0 Å². The lowest BCUT2D eigenvalue weighted by Gasteiger charge is -2.12. The predicted octanol–water partition coefficient (Wildman–Crippen LogP) is 4.79. The van der Waals surface area contributed by atoms with Gasteiger partial charge >= 0.3 is 0 Å². The normalized spacial score (nSPS) is 11.0. The largest absolute Gasteiger partial charge is 0.497 e. The van der Waals surface area contributed by atoms with Crippen LogP contribution < -0.4 is 4.74 Å². The molecule has 130 valence electrons. The van der Waals surface area contributed by atoms with Crippen molar-refractivity contribution in [1.82, 2.24) is 19.6 Å². The van der Waals surface area contributed by atoms with Crippen LogP contribution in [0.15, 0.2) is 59.2 Å². The zero-order chi connectivity index (χ0) is 18.1. The first-order valence-corrected chi connectivity index (χ1v) is 9.14. The summed E-state index contributed by atoms with van der Waals surface area (Å²) in [6, 6.07) is 16.1. The Balaban J connectivity index is 2.01. The first kappa shape index (κ1) is 16.7. The summed E-state index contributed by atoms with van der Waals surface area (Å²) >= 11 is 3.56. The SMILES string of the molecule is CCc1nc2ncc(-c3ccc(OC)cc3)c(-c3cccc(Br)c3)n2n1. The minimum absolute atomic E-state index is 0.606. The Bertz CT molecular complexity index is 1070. The van der Waals surface area contributed by atoms with Gasteiger partial charge in [-0.25, -0.2) is 4.98 Å². The lowest BCUT2D eigenvalue weighted by atomic mass is 10.0. The van der Waals surface area contributed by atoms with Crippen molar-refractivity contribution in [2.45, 2.75) is 13.3 Å². The molecule has 0 aliphatic rings. The Labute approximate surface area is 159 Å². The average Bonchev–Trinajstić information content (AvgIpc) is 3.10. The van der Waals surface area contributed by atoms with Crippen LogP contribution >= 0.6 is 15.9 Å². The van der Waals surface area contributed by atoms with Gasteiger partial charge in [0, 0.05) is 28.2 Å². The van der Waals surface area contributed by atoms with Crippen molar-refractivity contribution in [3.63, 3.8) is 0 Å². The molecule has 0 amide bonds. The number of ether oxygens (including phenoxy) is 1. The molecule has 0 fully saturated rings. The number of hydrogen-bond acceptors (Lipinski definition) is 4. The maximum Gasteiger partial charge on any atom is 0.252 e. The van der Waals surface area contributed by atoms with Crippen LogP contribution in [0.5, 0.6) is 5.75 Å². The molecule has 2 aromatic carbocycles. The molecule has 6 heteroatoms. The molecule has 0 aliphatic carbocycles. The van der Waals surface area contributed by atoms with Crippen molar-refractivity contribution in [3.8, 4) is 28.1 Å². The number of halogens is 1. The molecule has 0 bridgehead atoms. The molecule has 2 aromatic heterocycles. The predicted molar refractivity (Wildman–Crippen MR) is 105 cm³/mol. The van der Waals surface area contributed by atoms with Crippen molar-refractivity contribution in [2.75, 3.05) is 7.11 Å². The second kappa shape index (κ2) is 6.88. The van der Waals surface area contributed by atoms with E-state index < -0.39 is 0 Å². The molecule has 4 aromatic rings. The number of fused-ring (bicyclic) bond motifs is 1. The second-order valence-corrected chi connectivity index (χ2v) is 6.77. The molecule has 0 N–H and O–H groups in total. The minimum Gasteiger partial charge on any atom is -0.497 e. The zero-order valence-corrected chi connectivity index (χ0v) is 16.1. The summed E-state index contributed by atoms with van der Waals surface area (Å²) in [6.07, 6.45) is 2.63. The van der Waals surface area contributed by atoms with Gasteiger partial charge in [-0.05, 0) is 29.8 Å². The summed E-state index contributed by atoms with van der Waals surface area (Å²) in [5, 5.41) is 4.66. The van der Waals surface area contributed by atoms with Gasteiger partial charge in [-0.2, -0.15) is 9.50 Å². The highest BCUT2D eigenvalue weighted by Crippen LogP contribution is 2.33. The standard InChI is InChI=1S/C20H17BrN4O/c1-3-18-23-20-22-12-17(13-7-9-16(26-2)10-8-13)19(25(20)24-18)14-5-4-6-15(21)11-14/h4-12H,3H2,1-2H3. The van der Waals surface area contributed by atoms with E-state index in [0.29, 0.717) is 5.78 Å². The average molecular weight is 409 g/mol. The van der Waals surface area contributed by atoms with Crippen molar-refractivity contribution in [1.29, 1.82) is 0 Å². The van der Waals surface area contributed by atoms with Gasteiger partial charge in [0.2, 0.25) is 0 Å². The Morgan fingerprint density at radius 3 is 2.58 bits per heavy atom. The van der Waals surface area contributed by atoms with Gasteiger partial charge in [-0.15, -0.1) is 5.10 Å². The molecule has 0 saturated heterocycles. The van der Waals surface area contributed by atoms with Crippen LogP contribution in [0.3, 0.4) is 0 Å². The Morgan fingerprint density at radius 1 is 1.08 bits per heavy atom. The van der Waals surface area contributed by atoms with Crippen LogP contribution in [0.4, 0.5) is 0 Å². The van der Waals surface area contributed by atoms with Crippen LogP contribution in [0.2, 0.25) is 0 Å². The Kier molecular flexibility index (Phi) is 4.42. The van der Waals surface area contributed by atoms with Gasteiger partial charge < -0.3 is 4.74 Å². The first-order valence-electron chi connectivity index (χ1n) is 8.34. The highest BCUT2D eigenvalue weighted by molar-refractivity contribution is 9.10. The van der Waals surface area contributed by atoms with E-state index in [2.05, 4.69) is 43.1 Å². The molecule has 4 rings (SSSR count). The Morgan fingerprint density at radius 2 is 1.88 bits per heavy atom. The smallest absolute Gasteiger partial charge is 0.252 e. The summed E-state index contributed by atoms with van der Waals surface area (Å²) in [5.74, 6) is 2.20. The summed E-state index contributed by atoms with van der Waals surface area (Å²) in [6.45, 7) is 2.04. The Hall–Kier alpha value is -2.73. The highest BCUT2D eigenvalue weighted by atomic mass is 79.9. The number of benzene rings is 2. The lowest BCUT2D eigenvalue weighted by Crippen LogP contribution is -2.00. The van der Waals surface area contributed by atoms with E-state index >= 15 is 0 Å². The monoisotopic (exact) mass is 408 g/mol. The van der Waals surface area contributed by atoms with Gasteiger partial charge in [0.15, 0.2) is 5.82 Å². The summed E-state index contributed by atoms with van der Waals surface area (Å²) < 4.78 is 8.12. The van der Waals surface area contributed by atoms with Crippen molar-refractivity contribution >= 4 is 21.7 Å². The minimum atomic E-state index is 0.606. The van der Waals surface area contributed by atoms with E-state index in [9.17, 15) is 0 Å². The van der Waals surface area contributed by atoms with E-state index in [1.807, 2.05) is 54.0 Å². The van der Waals surface area contributed by atoms with Gasteiger partial charge in [0.25, 0.3) is 5.78 Å². The molecule has 0 atom stereocenters. The fraction of sp³-hybridized carbons (Fsp3) is 0.150. The highest BCUT2D eigenvalue weighted by Gasteiger charge is 2.16. The van der Waals surface area contributed by atoms with E-state index in [1.165, 1.54) is 0 Å². The summed E-state index contributed by atoms with van der Waals surface area (Å²) in [4.78, 5) is 9.03. The van der Waals surface area contributed by atoms with Crippen molar-refractivity contribution in [3.05, 3.63) is 65.0 Å². The molecule has 0 spiro atoms. The fourth-order valence-electron chi connectivity index (χ4n) is 2.92. The van der Waals surface area contributed by atoms with Crippen LogP contribution in [-0.2, 0) is 6.42 Å². The molecule has 26 heavy (non-hydrogen) atoms. The fourth-order valence-corrected chi connectivity index (χ4v) is 3.32. The first-order chi connectivity index (χ1) is 12.7. The van der Waals surface area contributed by atoms with Crippen LogP contribution in [-0.4, -0.2) is 26.7 Å². The molecule has 0 unspecified atom stereocenters. The number of nitrogens with zero attached hydrogens (tertiary/aromatic N) is 4. The molecular weight excluding hydrogens is 392 g/mol. The topological polar surface area (TPSA) is 52.3 Å². The summed E-state index contributed by atoms with van der Waals surface area (Å²) in [5.41, 5.74) is 4.05. The van der Waals surface area contributed by atoms with E-state index in [1.54, 1.807) is 7.11 Å². The number of hydrogen-bond donors (Lipinski definition) is 0. The van der Waals surface area contributed by atoms with Crippen molar-refractivity contribution in [2.24, 2.45) is 0 Å². The third kappa shape index (κ3) is 2.97. The molecule has 0 aliphatic heterocycles. The lowest BCUT2D eigenvalue weighted by molar-refractivity contribution is 0.415. The third-order valence-electron chi connectivity index (χ3n) is 4.23. The van der Waals surface area contributed by atoms with Gasteiger partial charge in [-0.1, -0.05) is 47.1 Å². The summed E-state index contributed by atoms with van der Waals surface area (Å²) in [7, 11) is 1.66. The van der Waals surface area contributed by atoms with E-state index in [0.717, 1.165) is 44.9 Å². The van der Waals surface area contributed by atoms with Crippen LogP contribution in [0.1, 0.15) is 12.7 Å². The quantitative estimate of drug-likeness (QED) is 0.486. The number of aryl methyl sites for hydroxylation is 1. The zero-order valence-electron chi connectivity index (χ0n) is 14.5. The third-order valence-corrected chi connectivity index (χ3v) is 4.72. The molecule has 0 radical (unpaired) electrons. The molecule has 2 heterocycles. The van der Waals surface area contributed by atoms with E-state index in [4.69, 9.17) is 4.74 Å². The number of aromatic nitrogens is 4. The van der Waals surface area contributed by atoms with Gasteiger partial charge in [-0.3, -0.25) is 0 Å². The second-order valence-electron chi connectivity index (χ2n) is 5.85. The number of methoxy groups -OCH3 is 1. The molecular formula is C20H17BrN4O. The van der Waals surface area contributed by atoms with Crippen LogP contribution in [0.25, 0.3) is 28.2 Å². The molecule has 0 saturated carbocycles. The maximum absolute atomic E-state index is 5.27. The van der Waals surface area contributed by atoms with Gasteiger partial charge in [0.1, 0.15) is 5.75 Å². The van der Waals surface area contributed by atoms with Crippen molar-refractivity contribution < 1.29 is 4.74 Å².